The number of hydrogen-bond acceptors (Lipinski definition) is 5. The Balaban J connectivity index is 1.31. The molecule has 8 heteroatoms. The first kappa shape index (κ1) is 17.5. The molecule has 3 fully saturated rings. The normalized spacial score (nSPS) is 27.5. The molecular formula is C18H24N4O3S. The molecule has 2 bridgehead atoms. The minimum atomic E-state index is -3.11. The zero-order chi connectivity index (χ0) is 18.4. The molecule has 0 aromatic carbocycles. The van der Waals surface area contributed by atoms with Gasteiger partial charge in [-0.3, -0.25) is 10.1 Å². The summed E-state index contributed by atoms with van der Waals surface area (Å²) in [5.41, 5.74) is 1.87. The first-order chi connectivity index (χ1) is 12.3. The Morgan fingerprint density at radius 2 is 2.12 bits per heavy atom. The third-order valence-corrected chi connectivity index (χ3v) is 7.12. The summed E-state index contributed by atoms with van der Waals surface area (Å²) in [6.07, 6.45) is 7.97. The van der Waals surface area contributed by atoms with Gasteiger partial charge in [0.25, 0.3) is 0 Å². The molecule has 140 valence electrons. The molecule has 0 amide bonds. The lowest BCUT2D eigenvalue weighted by atomic mass is 9.69. The number of ether oxygens (including phenoxy) is 1. The van der Waals surface area contributed by atoms with Crippen molar-refractivity contribution in [2.24, 2.45) is 17.3 Å². The molecule has 0 radical (unpaired) electrons. The maximum atomic E-state index is 11.7. The van der Waals surface area contributed by atoms with Gasteiger partial charge in [-0.1, -0.05) is 0 Å². The highest BCUT2D eigenvalue weighted by molar-refractivity contribution is 7.88. The van der Waals surface area contributed by atoms with Gasteiger partial charge in [0.05, 0.1) is 30.4 Å². The van der Waals surface area contributed by atoms with Gasteiger partial charge in [0.1, 0.15) is 5.75 Å². The van der Waals surface area contributed by atoms with Crippen molar-refractivity contribution in [3.8, 4) is 17.1 Å². The number of H-pyrrole nitrogens is 1. The number of aromatic amines is 1. The van der Waals surface area contributed by atoms with Crippen molar-refractivity contribution in [3.05, 3.63) is 30.6 Å². The smallest absolute Gasteiger partial charge is 0.210 e. The van der Waals surface area contributed by atoms with Crippen LogP contribution in [0.15, 0.2) is 30.6 Å². The van der Waals surface area contributed by atoms with E-state index in [1.807, 2.05) is 18.2 Å². The number of nitrogens with one attached hydrogen (secondary N) is 1. The lowest BCUT2D eigenvalue weighted by Crippen LogP contribution is -2.41. The van der Waals surface area contributed by atoms with E-state index in [4.69, 9.17) is 4.74 Å². The summed E-state index contributed by atoms with van der Waals surface area (Å²) in [5.74, 6) is 1.91. The lowest BCUT2D eigenvalue weighted by molar-refractivity contribution is 0.110. The summed E-state index contributed by atoms with van der Waals surface area (Å²) in [6.45, 7) is 1.29. The molecule has 2 aromatic heterocycles. The number of hydrogen-bond donors (Lipinski definition) is 1. The summed E-state index contributed by atoms with van der Waals surface area (Å²) in [5, 5.41) is 6.82. The molecule has 3 aliphatic carbocycles. The molecule has 1 unspecified atom stereocenters. The predicted molar refractivity (Wildman–Crippen MR) is 98.1 cm³/mol. The Morgan fingerprint density at radius 1 is 1.31 bits per heavy atom. The van der Waals surface area contributed by atoms with Gasteiger partial charge < -0.3 is 4.74 Å². The second kappa shape index (κ2) is 6.35. The Morgan fingerprint density at radius 3 is 2.73 bits per heavy atom. The zero-order valence-corrected chi connectivity index (χ0v) is 15.9. The van der Waals surface area contributed by atoms with E-state index in [2.05, 4.69) is 15.2 Å². The van der Waals surface area contributed by atoms with Gasteiger partial charge in [-0.25, -0.2) is 12.7 Å². The molecule has 2 aromatic rings. The molecule has 26 heavy (non-hydrogen) atoms. The van der Waals surface area contributed by atoms with Gasteiger partial charge in [0.15, 0.2) is 0 Å². The molecule has 0 saturated heterocycles. The van der Waals surface area contributed by atoms with E-state index in [0.29, 0.717) is 25.0 Å². The highest BCUT2D eigenvalue weighted by Gasteiger charge is 2.56. The fourth-order valence-corrected chi connectivity index (χ4v) is 4.99. The molecule has 3 saturated carbocycles. The highest BCUT2D eigenvalue weighted by atomic mass is 32.2. The van der Waals surface area contributed by atoms with Crippen molar-refractivity contribution in [2.75, 3.05) is 26.5 Å². The van der Waals surface area contributed by atoms with Crippen LogP contribution in [0.1, 0.15) is 19.3 Å². The summed E-state index contributed by atoms with van der Waals surface area (Å²) in [4.78, 5) is 4.41. The van der Waals surface area contributed by atoms with Crippen LogP contribution in [-0.4, -0.2) is 54.4 Å². The fraction of sp³-hybridized carbons (Fsp3) is 0.556. The average Bonchev–Trinajstić information content (AvgIpc) is 3.27. The molecule has 1 atom stereocenters. The Bertz CT molecular complexity index is 858. The number of fused-ring (bicyclic) bond motifs is 1. The van der Waals surface area contributed by atoms with Crippen molar-refractivity contribution in [2.45, 2.75) is 19.3 Å². The van der Waals surface area contributed by atoms with Crippen molar-refractivity contribution < 1.29 is 13.2 Å². The van der Waals surface area contributed by atoms with Crippen LogP contribution in [0.2, 0.25) is 0 Å². The van der Waals surface area contributed by atoms with Crippen LogP contribution in [0.3, 0.4) is 0 Å². The van der Waals surface area contributed by atoms with Crippen LogP contribution in [0, 0.1) is 17.3 Å². The van der Waals surface area contributed by atoms with Gasteiger partial charge in [-0.05, 0) is 54.7 Å². The number of nitrogens with zero attached hydrogens (tertiary/aromatic N) is 3. The standard InChI is InChI=1S/C18H24N4O3S/c1-22(26(2,23)24)12-18-7-13(8-18)14(9-18)11-25-15-3-4-16(19-10-15)17-5-6-20-21-17/h3-6,10,13-14H,7-9,11-12H2,1-2H3,(H,20,21). The second-order valence-corrected chi connectivity index (χ2v) is 9.90. The van der Waals surface area contributed by atoms with E-state index in [-0.39, 0.29) is 5.41 Å². The fourth-order valence-electron chi connectivity index (χ4n) is 4.48. The van der Waals surface area contributed by atoms with Crippen molar-refractivity contribution >= 4 is 10.0 Å². The SMILES string of the molecule is CN(CC12CC(COc3ccc(-c4ccn[nH]4)nc3)C(C1)C2)S(C)(=O)=O. The molecule has 5 rings (SSSR count). The largest absolute Gasteiger partial charge is 0.492 e. The molecular weight excluding hydrogens is 352 g/mol. The predicted octanol–water partition coefficient (Wildman–Crippen LogP) is 2.16. The van der Waals surface area contributed by atoms with Crippen LogP contribution in [0.4, 0.5) is 0 Å². The van der Waals surface area contributed by atoms with E-state index in [9.17, 15) is 8.42 Å². The van der Waals surface area contributed by atoms with Crippen molar-refractivity contribution in [1.29, 1.82) is 0 Å². The van der Waals surface area contributed by atoms with E-state index >= 15 is 0 Å². The second-order valence-electron chi connectivity index (χ2n) is 7.81. The lowest BCUT2D eigenvalue weighted by Gasteiger charge is -2.40. The first-order valence-electron chi connectivity index (χ1n) is 8.85. The van der Waals surface area contributed by atoms with Gasteiger partial charge in [0.2, 0.25) is 10.0 Å². The summed E-state index contributed by atoms with van der Waals surface area (Å²) in [7, 11) is -1.44. The van der Waals surface area contributed by atoms with Crippen LogP contribution in [0.25, 0.3) is 11.4 Å². The van der Waals surface area contributed by atoms with E-state index < -0.39 is 10.0 Å². The summed E-state index contributed by atoms with van der Waals surface area (Å²) >= 11 is 0. The third-order valence-electron chi connectivity index (χ3n) is 5.85. The van der Waals surface area contributed by atoms with Crippen LogP contribution >= 0.6 is 0 Å². The quantitative estimate of drug-likeness (QED) is 0.800. The van der Waals surface area contributed by atoms with Crippen molar-refractivity contribution in [1.82, 2.24) is 19.5 Å². The van der Waals surface area contributed by atoms with Gasteiger partial charge in [-0.2, -0.15) is 5.10 Å². The Labute approximate surface area is 153 Å². The molecule has 0 aliphatic heterocycles. The molecule has 3 aliphatic rings. The number of sulfonamides is 1. The number of aromatic nitrogens is 3. The molecule has 7 nitrogen and oxygen atoms in total. The van der Waals surface area contributed by atoms with E-state index in [1.54, 1.807) is 19.4 Å². The van der Waals surface area contributed by atoms with E-state index in [1.165, 1.54) is 10.6 Å². The Hall–Kier alpha value is -1.93. The number of pyridine rings is 1. The van der Waals surface area contributed by atoms with Crippen LogP contribution in [-0.2, 0) is 10.0 Å². The molecule has 0 spiro atoms. The van der Waals surface area contributed by atoms with Crippen LogP contribution < -0.4 is 4.74 Å². The minimum Gasteiger partial charge on any atom is -0.492 e. The summed E-state index contributed by atoms with van der Waals surface area (Å²) in [6, 6.07) is 5.72. The highest BCUT2D eigenvalue weighted by Crippen LogP contribution is 2.62. The maximum absolute atomic E-state index is 11.7. The van der Waals surface area contributed by atoms with Gasteiger partial charge >= 0.3 is 0 Å². The van der Waals surface area contributed by atoms with Crippen LogP contribution in [0.5, 0.6) is 5.75 Å². The topological polar surface area (TPSA) is 88.2 Å². The maximum Gasteiger partial charge on any atom is 0.210 e. The Kier molecular flexibility index (Phi) is 4.27. The van der Waals surface area contributed by atoms with E-state index in [0.717, 1.165) is 36.4 Å². The first-order valence-corrected chi connectivity index (χ1v) is 10.7. The van der Waals surface area contributed by atoms with Gasteiger partial charge in [-0.15, -0.1) is 0 Å². The van der Waals surface area contributed by atoms with Gasteiger partial charge in [0, 0.05) is 19.8 Å². The van der Waals surface area contributed by atoms with Crippen molar-refractivity contribution in [3.63, 3.8) is 0 Å². The number of rotatable bonds is 7. The molecule has 1 N–H and O–H groups in total. The summed E-state index contributed by atoms with van der Waals surface area (Å²) < 4.78 is 30.8. The average molecular weight is 376 g/mol. The minimum absolute atomic E-state index is 0.152. The zero-order valence-electron chi connectivity index (χ0n) is 15.1. The monoisotopic (exact) mass is 376 g/mol. The third kappa shape index (κ3) is 3.35. The molecule has 2 heterocycles.